The van der Waals surface area contributed by atoms with E-state index in [0.29, 0.717) is 12.2 Å². The number of benzene rings is 1. The van der Waals surface area contributed by atoms with Crippen molar-refractivity contribution in [1.82, 2.24) is 4.90 Å². The summed E-state index contributed by atoms with van der Waals surface area (Å²) in [4.78, 5) is 13.4. The molecule has 0 aliphatic carbocycles. The maximum atomic E-state index is 11.8. The third kappa shape index (κ3) is 3.70. The first-order chi connectivity index (χ1) is 9.08. The Balaban J connectivity index is 2.00. The Bertz CT molecular complexity index is 456. The summed E-state index contributed by atoms with van der Waals surface area (Å²) < 4.78 is 12.0. The summed E-state index contributed by atoms with van der Waals surface area (Å²) in [5.74, 6) is 0.720. The molecule has 0 N–H and O–H groups in total. The van der Waals surface area contributed by atoms with Gasteiger partial charge in [-0.3, -0.25) is 4.79 Å². The molecule has 1 aromatic carbocycles. The third-order valence-electron chi connectivity index (χ3n) is 3.03. The number of ether oxygens (including phenoxy) is 2. The largest absolute Gasteiger partial charge is 0.490 e. The van der Waals surface area contributed by atoms with Crippen molar-refractivity contribution in [3.05, 3.63) is 28.2 Å². The Kier molecular flexibility index (Phi) is 4.82. The van der Waals surface area contributed by atoms with Gasteiger partial charge in [0.1, 0.15) is 12.4 Å². The molecular weight excluding hydrogens is 310 g/mol. The molecule has 0 aromatic heterocycles. The maximum absolute atomic E-state index is 11.8. The molecule has 0 radical (unpaired) electrons. The van der Waals surface area contributed by atoms with E-state index < -0.39 is 0 Å². The predicted molar refractivity (Wildman–Crippen MR) is 76.6 cm³/mol. The third-order valence-corrected chi connectivity index (χ3v) is 3.65. The summed E-state index contributed by atoms with van der Waals surface area (Å²) in [6, 6.07) is 5.38. The molecule has 1 aliphatic heterocycles. The SMILES string of the molecule is CN(C)C(=O)c1ccc(OC[C@H]2CCCO2)c(Br)c1. The highest BCUT2D eigenvalue weighted by molar-refractivity contribution is 9.10. The minimum atomic E-state index is -0.0219. The smallest absolute Gasteiger partial charge is 0.253 e. The van der Waals surface area contributed by atoms with E-state index in [0.717, 1.165) is 29.7 Å². The summed E-state index contributed by atoms with van der Waals surface area (Å²) in [6.45, 7) is 1.38. The van der Waals surface area contributed by atoms with Crippen LogP contribution in [0.1, 0.15) is 23.2 Å². The van der Waals surface area contributed by atoms with Crippen LogP contribution < -0.4 is 4.74 Å². The second-order valence-corrected chi connectivity index (χ2v) is 5.65. The van der Waals surface area contributed by atoms with Gasteiger partial charge in [-0.15, -0.1) is 0 Å². The van der Waals surface area contributed by atoms with Gasteiger partial charge in [0.15, 0.2) is 0 Å². The number of hydrogen-bond donors (Lipinski definition) is 0. The van der Waals surface area contributed by atoms with Gasteiger partial charge in [0.05, 0.1) is 10.6 Å². The molecule has 0 unspecified atom stereocenters. The van der Waals surface area contributed by atoms with Crippen LogP contribution in [0.2, 0.25) is 0 Å². The van der Waals surface area contributed by atoms with Gasteiger partial charge in [-0.25, -0.2) is 0 Å². The van der Waals surface area contributed by atoms with Gasteiger partial charge in [-0.05, 0) is 47.0 Å². The van der Waals surface area contributed by atoms with Crippen molar-refractivity contribution in [3.63, 3.8) is 0 Å². The lowest BCUT2D eigenvalue weighted by Crippen LogP contribution is -2.21. The molecule has 4 nitrogen and oxygen atoms in total. The first-order valence-corrected chi connectivity index (χ1v) is 7.13. The Morgan fingerprint density at radius 1 is 1.53 bits per heavy atom. The number of hydrogen-bond acceptors (Lipinski definition) is 3. The summed E-state index contributed by atoms with van der Waals surface area (Å²) in [7, 11) is 3.47. The number of rotatable bonds is 4. The van der Waals surface area contributed by atoms with Crippen molar-refractivity contribution in [3.8, 4) is 5.75 Å². The summed E-state index contributed by atoms with van der Waals surface area (Å²) in [5.41, 5.74) is 0.640. The molecule has 1 aromatic rings. The van der Waals surface area contributed by atoms with Crippen LogP contribution in [0.4, 0.5) is 0 Å². The molecule has 1 aliphatic rings. The first kappa shape index (κ1) is 14.3. The molecule has 0 spiro atoms. The van der Waals surface area contributed by atoms with Crippen molar-refractivity contribution >= 4 is 21.8 Å². The monoisotopic (exact) mass is 327 g/mol. The lowest BCUT2D eigenvalue weighted by atomic mass is 10.2. The zero-order valence-electron chi connectivity index (χ0n) is 11.2. The molecule has 104 valence electrons. The molecule has 1 amide bonds. The molecule has 1 atom stereocenters. The molecular formula is C14H18BrNO3. The van der Waals surface area contributed by atoms with Crippen molar-refractivity contribution in [2.45, 2.75) is 18.9 Å². The number of halogens is 1. The van der Waals surface area contributed by atoms with Crippen molar-refractivity contribution < 1.29 is 14.3 Å². The molecule has 5 heteroatoms. The Morgan fingerprint density at radius 2 is 2.32 bits per heavy atom. The van der Waals surface area contributed by atoms with Gasteiger partial charge in [0.2, 0.25) is 0 Å². The highest BCUT2D eigenvalue weighted by atomic mass is 79.9. The van der Waals surface area contributed by atoms with Gasteiger partial charge >= 0.3 is 0 Å². The first-order valence-electron chi connectivity index (χ1n) is 6.33. The van der Waals surface area contributed by atoms with Gasteiger partial charge in [0.25, 0.3) is 5.91 Å². The van der Waals surface area contributed by atoms with Gasteiger partial charge in [-0.2, -0.15) is 0 Å². The maximum Gasteiger partial charge on any atom is 0.253 e. The molecule has 2 rings (SSSR count). The van der Waals surface area contributed by atoms with Gasteiger partial charge in [0, 0.05) is 26.3 Å². The topological polar surface area (TPSA) is 38.8 Å². The summed E-state index contributed by atoms with van der Waals surface area (Å²) in [6.07, 6.45) is 2.34. The number of nitrogens with zero attached hydrogens (tertiary/aromatic N) is 1. The molecule has 0 bridgehead atoms. The molecule has 1 heterocycles. The number of amides is 1. The van der Waals surface area contributed by atoms with E-state index in [2.05, 4.69) is 15.9 Å². The zero-order chi connectivity index (χ0) is 13.8. The van der Waals surface area contributed by atoms with Crippen LogP contribution in [0.5, 0.6) is 5.75 Å². The van der Waals surface area contributed by atoms with Crippen LogP contribution in [-0.4, -0.2) is 44.2 Å². The second kappa shape index (κ2) is 6.39. The Morgan fingerprint density at radius 3 is 2.89 bits per heavy atom. The van der Waals surface area contributed by atoms with E-state index in [1.54, 1.807) is 31.1 Å². The highest BCUT2D eigenvalue weighted by Gasteiger charge is 2.17. The van der Waals surface area contributed by atoms with Crippen LogP contribution in [0.15, 0.2) is 22.7 Å². The second-order valence-electron chi connectivity index (χ2n) is 4.79. The van der Waals surface area contributed by atoms with Gasteiger partial charge in [-0.1, -0.05) is 0 Å². The zero-order valence-corrected chi connectivity index (χ0v) is 12.8. The average molecular weight is 328 g/mol. The van der Waals surface area contributed by atoms with E-state index in [9.17, 15) is 4.79 Å². The standard InChI is InChI=1S/C14H18BrNO3/c1-16(2)14(17)10-5-6-13(12(15)8-10)19-9-11-4-3-7-18-11/h5-6,8,11H,3-4,7,9H2,1-2H3/t11-/m1/s1. The van der Waals surface area contributed by atoms with Crippen LogP contribution in [-0.2, 0) is 4.74 Å². The fraction of sp³-hybridized carbons (Fsp3) is 0.500. The van der Waals surface area contributed by atoms with Crippen molar-refractivity contribution in [2.75, 3.05) is 27.3 Å². The van der Waals surface area contributed by atoms with Crippen LogP contribution in [0.25, 0.3) is 0 Å². The quantitative estimate of drug-likeness (QED) is 0.853. The van der Waals surface area contributed by atoms with E-state index in [4.69, 9.17) is 9.47 Å². The van der Waals surface area contributed by atoms with Crippen molar-refractivity contribution in [1.29, 1.82) is 0 Å². The number of carbonyl (C=O) groups is 1. The fourth-order valence-corrected chi connectivity index (χ4v) is 2.46. The van der Waals surface area contributed by atoms with Crippen molar-refractivity contribution in [2.24, 2.45) is 0 Å². The van der Waals surface area contributed by atoms with Crippen LogP contribution in [0.3, 0.4) is 0 Å². The van der Waals surface area contributed by atoms with Crippen LogP contribution in [0, 0.1) is 0 Å². The fourth-order valence-electron chi connectivity index (χ4n) is 1.97. The van der Waals surface area contributed by atoms with E-state index in [1.807, 2.05) is 6.07 Å². The Labute approximate surface area is 121 Å². The minimum Gasteiger partial charge on any atom is -0.490 e. The molecule has 1 fully saturated rings. The lowest BCUT2D eigenvalue weighted by molar-refractivity contribution is 0.0676. The summed E-state index contributed by atoms with van der Waals surface area (Å²) in [5, 5.41) is 0. The predicted octanol–water partition coefficient (Wildman–Crippen LogP) is 2.71. The van der Waals surface area contributed by atoms with Crippen LogP contribution >= 0.6 is 15.9 Å². The lowest BCUT2D eigenvalue weighted by Gasteiger charge is -2.14. The Hall–Kier alpha value is -1.07. The molecule has 0 saturated carbocycles. The van der Waals surface area contributed by atoms with E-state index >= 15 is 0 Å². The normalized spacial score (nSPS) is 18.4. The highest BCUT2D eigenvalue weighted by Crippen LogP contribution is 2.27. The molecule has 1 saturated heterocycles. The minimum absolute atomic E-state index is 0.0219. The summed E-state index contributed by atoms with van der Waals surface area (Å²) >= 11 is 3.44. The average Bonchev–Trinajstić information content (AvgIpc) is 2.89. The van der Waals surface area contributed by atoms with E-state index in [1.165, 1.54) is 0 Å². The van der Waals surface area contributed by atoms with Gasteiger partial charge < -0.3 is 14.4 Å². The number of carbonyl (C=O) groups excluding carboxylic acids is 1. The van der Waals surface area contributed by atoms with E-state index in [-0.39, 0.29) is 12.0 Å². The molecule has 19 heavy (non-hydrogen) atoms.